The van der Waals surface area contributed by atoms with Gasteiger partial charge in [0.25, 0.3) is 11.7 Å². The number of rotatable bonds is 9. The average molecular weight is 542 g/mol. The predicted octanol–water partition coefficient (Wildman–Crippen LogP) is 7.14. The first-order valence-electron chi connectivity index (χ1n) is 12.2. The van der Waals surface area contributed by atoms with Gasteiger partial charge in [-0.15, -0.1) is 0 Å². The van der Waals surface area contributed by atoms with E-state index in [0.29, 0.717) is 5.69 Å². The van der Waals surface area contributed by atoms with Gasteiger partial charge in [0.15, 0.2) is 18.1 Å². The van der Waals surface area contributed by atoms with Crippen molar-refractivity contribution in [3.63, 3.8) is 0 Å². The van der Waals surface area contributed by atoms with E-state index in [1.807, 2.05) is 26.0 Å². The molecule has 4 rings (SSSR count). The molecule has 4 aromatic rings. The molecule has 3 aromatic carbocycles. The molecule has 0 aliphatic rings. The van der Waals surface area contributed by atoms with Crippen LogP contribution in [0.1, 0.15) is 38.0 Å². The first-order chi connectivity index (χ1) is 18.6. The van der Waals surface area contributed by atoms with Crippen LogP contribution in [0.4, 0.5) is 18.9 Å². The highest BCUT2D eigenvalue weighted by atomic mass is 19.4. The van der Waals surface area contributed by atoms with Gasteiger partial charge < -0.3 is 23.9 Å². The van der Waals surface area contributed by atoms with Gasteiger partial charge in [-0.25, -0.2) is 0 Å². The summed E-state index contributed by atoms with van der Waals surface area (Å²) in [5.74, 6) is -2.76. The number of hydrogen-bond acceptors (Lipinski definition) is 6. The normalized spacial score (nSPS) is 11.5. The lowest BCUT2D eigenvalue weighted by Gasteiger charge is -2.16. The molecule has 204 valence electrons. The molecule has 0 aliphatic carbocycles. The Labute approximate surface area is 222 Å². The van der Waals surface area contributed by atoms with Crippen molar-refractivity contribution in [2.75, 3.05) is 18.5 Å². The van der Waals surface area contributed by atoms with Crippen LogP contribution in [-0.2, 0) is 11.0 Å². The number of alkyl halides is 3. The Morgan fingerprint density at radius 2 is 1.67 bits per heavy atom. The Morgan fingerprint density at radius 3 is 2.36 bits per heavy atom. The minimum atomic E-state index is -5.04. The van der Waals surface area contributed by atoms with E-state index < -0.39 is 35.6 Å². The van der Waals surface area contributed by atoms with Crippen LogP contribution in [0.25, 0.3) is 11.0 Å². The number of benzene rings is 3. The molecule has 0 radical (unpaired) electrons. The number of carbonyl (C=O) groups excluding carboxylic acids is 1. The van der Waals surface area contributed by atoms with E-state index in [1.54, 1.807) is 25.1 Å². The van der Waals surface area contributed by atoms with E-state index in [1.165, 1.54) is 30.3 Å². The number of ether oxygens (including phenoxy) is 3. The monoisotopic (exact) mass is 541 g/mol. The predicted molar refractivity (Wildman–Crippen MR) is 140 cm³/mol. The standard InChI is InChI=1S/C29H26F3NO6/c1-4-36-22-11-7-8-12-23(22)38-27-26(35)20-14-13-18(15-24(20)39-28(27)29(30,31)32)37-16-25(34)33-21-10-6-5-9-19(21)17(2)3/h5-15,17H,4,16H2,1-3H3,(H,33,34). The first kappa shape index (κ1) is 27.6. The van der Waals surface area contributed by atoms with Crippen LogP contribution in [0.3, 0.4) is 0 Å². The number of hydrogen-bond donors (Lipinski definition) is 1. The van der Waals surface area contributed by atoms with Gasteiger partial charge in [0.2, 0.25) is 11.2 Å². The first-order valence-corrected chi connectivity index (χ1v) is 12.2. The molecule has 0 aliphatic heterocycles. The fourth-order valence-corrected chi connectivity index (χ4v) is 3.89. The fraction of sp³-hybridized carbons (Fsp3) is 0.241. The van der Waals surface area contributed by atoms with Gasteiger partial charge in [0, 0.05) is 11.8 Å². The Bertz CT molecular complexity index is 1540. The van der Waals surface area contributed by atoms with E-state index in [4.69, 9.17) is 18.6 Å². The minimum Gasteiger partial charge on any atom is -0.490 e. The van der Waals surface area contributed by atoms with Crippen LogP contribution >= 0.6 is 0 Å². The maximum absolute atomic E-state index is 13.9. The summed E-state index contributed by atoms with van der Waals surface area (Å²) >= 11 is 0. The number of anilines is 1. The van der Waals surface area contributed by atoms with Gasteiger partial charge >= 0.3 is 6.18 Å². The third-order valence-corrected chi connectivity index (χ3v) is 5.67. The smallest absolute Gasteiger partial charge is 0.453 e. The van der Waals surface area contributed by atoms with E-state index in [-0.39, 0.29) is 40.7 Å². The van der Waals surface area contributed by atoms with Gasteiger partial charge in [-0.3, -0.25) is 9.59 Å². The third kappa shape index (κ3) is 6.34. The SMILES string of the molecule is CCOc1ccccc1Oc1c(C(F)(F)F)oc2cc(OCC(=O)Nc3ccccc3C(C)C)ccc2c1=O. The zero-order valence-corrected chi connectivity index (χ0v) is 21.4. The van der Waals surface area contributed by atoms with Crippen molar-refractivity contribution in [2.24, 2.45) is 0 Å². The molecular formula is C29H26F3NO6. The summed E-state index contributed by atoms with van der Waals surface area (Å²) in [6.45, 7) is 5.52. The van der Waals surface area contributed by atoms with Crippen molar-refractivity contribution in [2.45, 2.75) is 32.9 Å². The van der Waals surface area contributed by atoms with Crippen LogP contribution in [0.2, 0.25) is 0 Å². The summed E-state index contributed by atoms with van der Waals surface area (Å²) in [4.78, 5) is 25.6. The van der Waals surface area contributed by atoms with Gasteiger partial charge in [-0.2, -0.15) is 13.2 Å². The molecule has 0 atom stereocenters. The molecule has 10 heteroatoms. The zero-order chi connectivity index (χ0) is 28.2. The number of para-hydroxylation sites is 3. The minimum absolute atomic E-state index is 0.0430. The molecule has 0 unspecified atom stereocenters. The van der Waals surface area contributed by atoms with Crippen molar-refractivity contribution in [3.8, 4) is 23.0 Å². The second-order valence-electron chi connectivity index (χ2n) is 8.81. The van der Waals surface area contributed by atoms with Gasteiger partial charge in [0.05, 0.1) is 12.0 Å². The Hall–Kier alpha value is -4.47. The third-order valence-electron chi connectivity index (χ3n) is 5.67. The lowest BCUT2D eigenvalue weighted by molar-refractivity contribution is -0.154. The highest BCUT2D eigenvalue weighted by molar-refractivity contribution is 5.92. The summed E-state index contributed by atoms with van der Waals surface area (Å²) in [6, 6.07) is 17.1. The maximum Gasteiger partial charge on any atom is 0.453 e. The van der Waals surface area contributed by atoms with Crippen molar-refractivity contribution < 1.29 is 36.6 Å². The second-order valence-corrected chi connectivity index (χ2v) is 8.81. The molecule has 1 amide bonds. The highest BCUT2D eigenvalue weighted by Crippen LogP contribution is 2.40. The molecule has 0 saturated carbocycles. The molecule has 1 N–H and O–H groups in total. The van der Waals surface area contributed by atoms with Crippen LogP contribution in [0.15, 0.2) is 75.9 Å². The van der Waals surface area contributed by atoms with Crippen LogP contribution in [-0.4, -0.2) is 19.1 Å². The van der Waals surface area contributed by atoms with Crippen molar-refractivity contribution in [1.29, 1.82) is 0 Å². The maximum atomic E-state index is 13.9. The molecule has 1 aromatic heterocycles. The molecule has 0 saturated heterocycles. The van der Waals surface area contributed by atoms with E-state index >= 15 is 0 Å². The van der Waals surface area contributed by atoms with Crippen molar-refractivity contribution in [1.82, 2.24) is 0 Å². The highest BCUT2D eigenvalue weighted by Gasteiger charge is 2.40. The quantitative estimate of drug-likeness (QED) is 0.242. The largest absolute Gasteiger partial charge is 0.490 e. The molecular weight excluding hydrogens is 515 g/mol. The lowest BCUT2D eigenvalue weighted by Crippen LogP contribution is -2.21. The topological polar surface area (TPSA) is 87.0 Å². The van der Waals surface area contributed by atoms with Gasteiger partial charge in [-0.1, -0.05) is 44.2 Å². The van der Waals surface area contributed by atoms with Crippen molar-refractivity contribution >= 4 is 22.6 Å². The number of amides is 1. The number of nitrogens with one attached hydrogen (secondary N) is 1. The number of fused-ring (bicyclic) bond motifs is 1. The van der Waals surface area contributed by atoms with E-state index in [2.05, 4.69) is 5.32 Å². The Balaban J connectivity index is 1.61. The Morgan fingerprint density at radius 1 is 0.974 bits per heavy atom. The summed E-state index contributed by atoms with van der Waals surface area (Å²) in [7, 11) is 0. The summed E-state index contributed by atoms with van der Waals surface area (Å²) in [5.41, 5.74) is 0.184. The summed E-state index contributed by atoms with van der Waals surface area (Å²) in [6.07, 6.45) is -5.04. The zero-order valence-electron chi connectivity index (χ0n) is 21.4. The molecule has 39 heavy (non-hydrogen) atoms. The molecule has 0 spiro atoms. The summed E-state index contributed by atoms with van der Waals surface area (Å²) in [5, 5.41) is 2.61. The average Bonchev–Trinajstić information content (AvgIpc) is 2.89. The Kier molecular flexibility index (Phi) is 8.13. The summed E-state index contributed by atoms with van der Waals surface area (Å²) < 4.78 is 63.2. The van der Waals surface area contributed by atoms with Crippen molar-refractivity contribution in [3.05, 3.63) is 88.3 Å². The van der Waals surface area contributed by atoms with E-state index in [9.17, 15) is 22.8 Å². The number of halogens is 3. The fourth-order valence-electron chi connectivity index (χ4n) is 3.89. The van der Waals surface area contributed by atoms with Crippen LogP contribution in [0, 0.1) is 0 Å². The molecule has 1 heterocycles. The van der Waals surface area contributed by atoms with Gasteiger partial charge in [0.1, 0.15) is 11.3 Å². The van der Waals surface area contributed by atoms with Crippen LogP contribution < -0.4 is 25.0 Å². The molecule has 0 bridgehead atoms. The van der Waals surface area contributed by atoms with E-state index in [0.717, 1.165) is 11.6 Å². The number of carbonyl (C=O) groups is 1. The second kappa shape index (κ2) is 11.5. The van der Waals surface area contributed by atoms with Crippen LogP contribution in [0.5, 0.6) is 23.0 Å². The molecule has 0 fully saturated rings. The molecule has 7 nitrogen and oxygen atoms in total. The lowest BCUT2D eigenvalue weighted by atomic mass is 10.0. The van der Waals surface area contributed by atoms with Gasteiger partial charge in [-0.05, 0) is 48.7 Å².